The Bertz CT molecular complexity index is 1050. The minimum atomic E-state index is -0.428. The van der Waals surface area contributed by atoms with Gasteiger partial charge in [-0.05, 0) is 61.2 Å². The van der Waals surface area contributed by atoms with Gasteiger partial charge in [0.25, 0.3) is 5.91 Å². The fraction of sp³-hybridized carbons (Fsp3) is 0.348. The van der Waals surface area contributed by atoms with Crippen LogP contribution in [0.25, 0.3) is 10.2 Å². The van der Waals surface area contributed by atoms with Gasteiger partial charge in [-0.25, -0.2) is 9.78 Å². The topological polar surface area (TPSA) is 68.7 Å². The van der Waals surface area contributed by atoms with Crippen molar-refractivity contribution in [2.24, 2.45) is 0 Å². The van der Waals surface area contributed by atoms with E-state index in [9.17, 15) is 9.59 Å². The van der Waals surface area contributed by atoms with Gasteiger partial charge in [0.15, 0.2) is 5.13 Å². The van der Waals surface area contributed by atoms with Crippen LogP contribution in [0, 0.1) is 0 Å². The summed E-state index contributed by atoms with van der Waals surface area (Å²) < 4.78 is 11.6. The molecular formula is C23H24N2O4S. The molecular weight excluding hydrogens is 400 g/mol. The fourth-order valence-electron chi connectivity index (χ4n) is 3.55. The highest BCUT2D eigenvalue weighted by atomic mass is 32.1. The molecule has 0 saturated carbocycles. The SMILES string of the molecule is CCc1ccc2nc(N(CC3CCCO3)C(=O)c3ccc(C(=O)OC)cc3)sc2c1. The lowest BCUT2D eigenvalue weighted by molar-refractivity contribution is 0.0600. The van der Waals surface area contributed by atoms with Crippen LogP contribution in [0.15, 0.2) is 42.5 Å². The summed E-state index contributed by atoms with van der Waals surface area (Å²) in [5.74, 6) is -0.584. The van der Waals surface area contributed by atoms with Crippen LogP contribution in [-0.4, -0.2) is 43.2 Å². The van der Waals surface area contributed by atoms with Crippen LogP contribution in [0.5, 0.6) is 0 Å². The zero-order valence-electron chi connectivity index (χ0n) is 17.1. The number of methoxy groups -OCH3 is 1. The molecule has 4 rings (SSSR count). The predicted molar refractivity (Wildman–Crippen MR) is 117 cm³/mol. The van der Waals surface area contributed by atoms with Gasteiger partial charge < -0.3 is 9.47 Å². The van der Waals surface area contributed by atoms with E-state index in [1.165, 1.54) is 24.0 Å². The van der Waals surface area contributed by atoms with Gasteiger partial charge in [-0.2, -0.15) is 0 Å². The largest absolute Gasteiger partial charge is 0.465 e. The van der Waals surface area contributed by atoms with Gasteiger partial charge in [0.1, 0.15) is 0 Å². The van der Waals surface area contributed by atoms with Gasteiger partial charge in [0.05, 0.1) is 35.5 Å². The number of carbonyl (C=O) groups excluding carboxylic acids is 2. The maximum atomic E-state index is 13.4. The van der Waals surface area contributed by atoms with Crippen molar-refractivity contribution >= 4 is 38.6 Å². The molecule has 1 aliphatic rings. The summed E-state index contributed by atoms with van der Waals surface area (Å²) in [4.78, 5) is 31.5. The Balaban J connectivity index is 1.67. The molecule has 156 valence electrons. The third kappa shape index (κ3) is 4.22. The number of aromatic nitrogens is 1. The number of thiazole rings is 1. The Morgan fingerprint density at radius 3 is 2.63 bits per heavy atom. The van der Waals surface area contributed by atoms with Gasteiger partial charge in [-0.15, -0.1) is 0 Å². The molecule has 6 nitrogen and oxygen atoms in total. The van der Waals surface area contributed by atoms with Gasteiger partial charge >= 0.3 is 5.97 Å². The lowest BCUT2D eigenvalue weighted by Gasteiger charge is -2.23. The molecule has 1 amide bonds. The summed E-state index contributed by atoms with van der Waals surface area (Å²) in [6.45, 7) is 3.30. The predicted octanol–water partition coefficient (Wildman–Crippen LogP) is 4.47. The minimum absolute atomic E-state index is 0.00140. The first-order valence-corrected chi connectivity index (χ1v) is 10.9. The summed E-state index contributed by atoms with van der Waals surface area (Å²) in [5.41, 5.74) is 3.03. The molecule has 2 aromatic carbocycles. The van der Waals surface area contributed by atoms with Gasteiger partial charge in [-0.3, -0.25) is 9.69 Å². The monoisotopic (exact) mass is 424 g/mol. The normalized spacial score (nSPS) is 16.0. The highest BCUT2D eigenvalue weighted by molar-refractivity contribution is 7.22. The summed E-state index contributed by atoms with van der Waals surface area (Å²) in [5, 5.41) is 0.663. The van der Waals surface area contributed by atoms with Crippen LogP contribution in [0.3, 0.4) is 0 Å². The molecule has 1 aliphatic heterocycles. The lowest BCUT2D eigenvalue weighted by atomic mass is 10.1. The maximum absolute atomic E-state index is 13.4. The number of nitrogens with zero attached hydrogens (tertiary/aromatic N) is 2. The molecule has 1 fully saturated rings. The molecule has 30 heavy (non-hydrogen) atoms. The van der Waals surface area contributed by atoms with Gasteiger partial charge in [0, 0.05) is 12.2 Å². The highest BCUT2D eigenvalue weighted by Crippen LogP contribution is 2.31. The molecule has 0 N–H and O–H groups in total. The number of amides is 1. The first-order chi connectivity index (χ1) is 14.6. The minimum Gasteiger partial charge on any atom is -0.465 e. The summed E-state index contributed by atoms with van der Waals surface area (Å²) in [6, 6.07) is 12.7. The number of carbonyl (C=O) groups is 2. The molecule has 0 radical (unpaired) electrons. The molecule has 1 atom stereocenters. The van der Waals surface area contributed by atoms with Crippen molar-refractivity contribution in [1.29, 1.82) is 0 Å². The molecule has 7 heteroatoms. The number of ether oxygens (including phenoxy) is 2. The van der Waals surface area contributed by atoms with E-state index in [0.717, 1.165) is 36.1 Å². The van der Waals surface area contributed by atoms with Crippen molar-refractivity contribution in [3.05, 3.63) is 59.2 Å². The number of aryl methyl sites for hydroxylation is 1. The fourth-order valence-corrected chi connectivity index (χ4v) is 4.59. The van der Waals surface area contributed by atoms with E-state index in [1.54, 1.807) is 29.2 Å². The average molecular weight is 425 g/mol. The van der Waals surface area contributed by atoms with Crippen LogP contribution in [0.1, 0.15) is 46.0 Å². The standard InChI is InChI=1S/C23H24N2O4S/c1-3-15-6-11-19-20(13-15)30-23(24-19)25(14-18-5-4-12-29-18)21(26)16-7-9-17(10-8-16)22(27)28-2/h6-11,13,18H,3-5,12,14H2,1-2H3. The quantitative estimate of drug-likeness (QED) is 0.546. The van der Waals surface area contributed by atoms with Crippen LogP contribution < -0.4 is 4.90 Å². The van der Waals surface area contributed by atoms with Crippen LogP contribution >= 0.6 is 11.3 Å². The van der Waals surface area contributed by atoms with Crippen LogP contribution in [0.4, 0.5) is 5.13 Å². The molecule has 0 spiro atoms. The highest BCUT2D eigenvalue weighted by Gasteiger charge is 2.27. The van der Waals surface area contributed by atoms with Gasteiger partial charge in [-0.1, -0.05) is 24.3 Å². The maximum Gasteiger partial charge on any atom is 0.337 e. The third-order valence-corrected chi connectivity index (χ3v) is 6.33. The second kappa shape index (κ2) is 8.93. The number of anilines is 1. The Morgan fingerprint density at radius 1 is 1.20 bits per heavy atom. The first-order valence-electron chi connectivity index (χ1n) is 10.1. The van der Waals surface area contributed by atoms with Crippen LogP contribution in [0.2, 0.25) is 0 Å². The van der Waals surface area contributed by atoms with Crippen molar-refractivity contribution < 1.29 is 19.1 Å². The number of esters is 1. The van der Waals surface area contributed by atoms with Crippen molar-refractivity contribution in [1.82, 2.24) is 4.98 Å². The number of rotatable bonds is 6. The second-order valence-corrected chi connectivity index (χ2v) is 8.28. The molecule has 1 aromatic heterocycles. The average Bonchev–Trinajstić information content (AvgIpc) is 3.45. The van der Waals surface area contributed by atoms with Crippen molar-refractivity contribution in [2.75, 3.05) is 25.2 Å². The zero-order valence-corrected chi connectivity index (χ0v) is 17.9. The zero-order chi connectivity index (χ0) is 21.1. The van der Waals surface area contributed by atoms with Crippen molar-refractivity contribution in [3.63, 3.8) is 0 Å². The Morgan fingerprint density at radius 2 is 1.97 bits per heavy atom. The van der Waals surface area contributed by atoms with E-state index in [1.807, 2.05) is 6.07 Å². The summed E-state index contributed by atoms with van der Waals surface area (Å²) in [7, 11) is 1.34. The summed E-state index contributed by atoms with van der Waals surface area (Å²) in [6.07, 6.45) is 2.88. The molecule has 3 aromatic rings. The lowest BCUT2D eigenvalue weighted by Crippen LogP contribution is -2.37. The molecule has 1 saturated heterocycles. The smallest absolute Gasteiger partial charge is 0.337 e. The van der Waals surface area contributed by atoms with E-state index < -0.39 is 5.97 Å². The van der Waals surface area contributed by atoms with Crippen LogP contribution in [-0.2, 0) is 15.9 Å². The number of benzene rings is 2. The molecule has 0 bridgehead atoms. The molecule has 2 heterocycles. The number of hydrogen-bond acceptors (Lipinski definition) is 6. The number of hydrogen-bond donors (Lipinski definition) is 0. The van der Waals surface area contributed by atoms with Crippen molar-refractivity contribution in [3.8, 4) is 0 Å². The molecule has 1 unspecified atom stereocenters. The number of fused-ring (bicyclic) bond motifs is 1. The van der Waals surface area contributed by atoms with E-state index in [4.69, 9.17) is 14.5 Å². The third-order valence-electron chi connectivity index (χ3n) is 5.29. The van der Waals surface area contributed by atoms with Gasteiger partial charge in [0.2, 0.25) is 0 Å². The Labute approximate surface area is 179 Å². The second-order valence-electron chi connectivity index (χ2n) is 7.27. The Kier molecular flexibility index (Phi) is 6.11. The van der Waals surface area contributed by atoms with E-state index in [0.29, 0.717) is 22.8 Å². The first kappa shape index (κ1) is 20.5. The van der Waals surface area contributed by atoms with E-state index >= 15 is 0 Å². The molecule has 0 aliphatic carbocycles. The van der Waals surface area contributed by atoms with Crippen molar-refractivity contribution in [2.45, 2.75) is 32.3 Å². The Hall–Kier alpha value is -2.77. The van der Waals surface area contributed by atoms with E-state index in [2.05, 4.69) is 19.1 Å². The van der Waals surface area contributed by atoms with E-state index in [-0.39, 0.29) is 12.0 Å². The summed E-state index contributed by atoms with van der Waals surface area (Å²) >= 11 is 1.52.